The van der Waals surface area contributed by atoms with E-state index in [-0.39, 0.29) is 11.9 Å². The minimum absolute atomic E-state index is 0.348. The highest BCUT2D eigenvalue weighted by Crippen LogP contribution is 2.19. The summed E-state index contributed by atoms with van der Waals surface area (Å²) in [6.07, 6.45) is 3.52. The van der Waals surface area contributed by atoms with Crippen LogP contribution in [0, 0.1) is 0 Å². The van der Waals surface area contributed by atoms with Crippen molar-refractivity contribution in [1.29, 1.82) is 0 Å². The van der Waals surface area contributed by atoms with Crippen molar-refractivity contribution in [2.45, 2.75) is 19.8 Å². The SMILES string of the molecule is CCCCN1C(=O)NC(=O)/C1=C/c1ccc(Cl)cc1. The Labute approximate surface area is 117 Å². The number of halogens is 1. The number of urea groups is 1. The average molecular weight is 279 g/mol. The van der Waals surface area contributed by atoms with Gasteiger partial charge in [0.1, 0.15) is 5.70 Å². The zero-order valence-electron chi connectivity index (χ0n) is 10.6. The molecule has 5 heteroatoms. The third-order valence-electron chi connectivity index (χ3n) is 2.90. The van der Waals surface area contributed by atoms with Gasteiger partial charge in [-0.3, -0.25) is 15.0 Å². The van der Waals surface area contributed by atoms with Crippen LogP contribution in [0.2, 0.25) is 5.02 Å². The molecule has 0 radical (unpaired) electrons. The van der Waals surface area contributed by atoms with Crippen LogP contribution in [0.4, 0.5) is 4.79 Å². The molecule has 3 amide bonds. The normalized spacial score (nSPS) is 17.2. The van der Waals surface area contributed by atoms with Gasteiger partial charge in [-0.15, -0.1) is 0 Å². The maximum Gasteiger partial charge on any atom is 0.329 e. The molecule has 2 rings (SSSR count). The number of amides is 3. The van der Waals surface area contributed by atoms with Crippen molar-refractivity contribution >= 4 is 29.6 Å². The highest BCUT2D eigenvalue weighted by atomic mass is 35.5. The first-order valence-electron chi connectivity index (χ1n) is 6.22. The maximum atomic E-state index is 11.8. The van der Waals surface area contributed by atoms with Gasteiger partial charge in [-0.2, -0.15) is 0 Å². The van der Waals surface area contributed by atoms with E-state index < -0.39 is 0 Å². The molecule has 100 valence electrons. The number of benzene rings is 1. The van der Waals surface area contributed by atoms with E-state index in [9.17, 15) is 9.59 Å². The minimum Gasteiger partial charge on any atom is -0.289 e. The second-order valence-corrected chi connectivity index (χ2v) is 4.78. The van der Waals surface area contributed by atoms with Crippen LogP contribution in [0.15, 0.2) is 30.0 Å². The lowest BCUT2D eigenvalue weighted by Gasteiger charge is -2.14. The van der Waals surface area contributed by atoms with Gasteiger partial charge in [0.25, 0.3) is 5.91 Å². The van der Waals surface area contributed by atoms with E-state index in [0.717, 1.165) is 18.4 Å². The lowest BCUT2D eigenvalue weighted by atomic mass is 10.2. The van der Waals surface area contributed by atoms with E-state index in [0.29, 0.717) is 17.3 Å². The molecular formula is C14H15ClN2O2. The Hall–Kier alpha value is -1.81. The van der Waals surface area contributed by atoms with Crippen molar-refractivity contribution in [2.75, 3.05) is 6.54 Å². The molecule has 1 aromatic rings. The van der Waals surface area contributed by atoms with Gasteiger partial charge in [-0.1, -0.05) is 37.1 Å². The Morgan fingerprint density at radius 2 is 1.95 bits per heavy atom. The second kappa shape index (κ2) is 5.89. The molecule has 0 aliphatic carbocycles. The second-order valence-electron chi connectivity index (χ2n) is 4.35. The average Bonchev–Trinajstić information content (AvgIpc) is 2.65. The first-order valence-corrected chi connectivity index (χ1v) is 6.59. The number of hydrogen-bond acceptors (Lipinski definition) is 2. The molecule has 1 aliphatic heterocycles. The molecule has 1 saturated heterocycles. The Morgan fingerprint density at radius 1 is 1.26 bits per heavy atom. The zero-order valence-corrected chi connectivity index (χ0v) is 11.4. The summed E-state index contributed by atoms with van der Waals surface area (Å²) < 4.78 is 0. The first-order chi connectivity index (χ1) is 9.11. The van der Waals surface area contributed by atoms with Gasteiger partial charge in [0.15, 0.2) is 0 Å². The molecular weight excluding hydrogens is 264 g/mol. The number of imide groups is 1. The van der Waals surface area contributed by atoms with Gasteiger partial charge in [-0.25, -0.2) is 4.79 Å². The number of nitrogens with one attached hydrogen (secondary N) is 1. The van der Waals surface area contributed by atoms with Crippen LogP contribution in [0.1, 0.15) is 25.3 Å². The number of unbranched alkanes of at least 4 members (excludes halogenated alkanes) is 1. The Kier molecular flexibility index (Phi) is 4.22. The number of hydrogen-bond donors (Lipinski definition) is 1. The summed E-state index contributed by atoms with van der Waals surface area (Å²) in [6, 6.07) is 6.77. The third kappa shape index (κ3) is 3.15. The third-order valence-corrected chi connectivity index (χ3v) is 3.15. The van der Waals surface area contributed by atoms with E-state index in [1.54, 1.807) is 18.2 Å². The summed E-state index contributed by atoms with van der Waals surface area (Å²) in [5, 5.41) is 2.95. The quantitative estimate of drug-likeness (QED) is 0.680. The number of carbonyl (C=O) groups is 2. The molecule has 0 aromatic heterocycles. The molecule has 1 aliphatic rings. The molecule has 0 atom stereocenters. The van der Waals surface area contributed by atoms with Crippen molar-refractivity contribution < 1.29 is 9.59 Å². The number of carbonyl (C=O) groups excluding carboxylic acids is 2. The van der Waals surface area contributed by atoms with Crippen molar-refractivity contribution in [3.8, 4) is 0 Å². The van der Waals surface area contributed by atoms with E-state index in [1.165, 1.54) is 4.90 Å². The first kappa shape index (κ1) is 13.6. The molecule has 19 heavy (non-hydrogen) atoms. The molecule has 1 fully saturated rings. The summed E-state index contributed by atoms with van der Waals surface area (Å²) >= 11 is 5.81. The van der Waals surface area contributed by atoms with Crippen LogP contribution >= 0.6 is 11.6 Å². The van der Waals surface area contributed by atoms with Crippen LogP contribution in [0.3, 0.4) is 0 Å². The molecule has 4 nitrogen and oxygen atoms in total. The molecule has 0 unspecified atom stereocenters. The van der Waals surface area contributed by atoms with Crippen LogP contribution in [0.5, 0.6) is 0 Å². The van der Waals surface area contributed by atoms with E-state index in [4.69, 9.17) is 11.6 Å². The predicted molar refractivity (Wildman–Crippen MR) is 74.6 cm³/mol. The van der Waals surface area contributed by atoms with Crippen molar-refractivity contribution in [3.63, 3.8) is 0 Å². The smallest absolute Gasteiger partial charge is 0.289 e. The predicted octanol–water partition coefficient (Wildman–Crippen LogP) is 3.03. The topological polar surface area (TPSA) is 49.4 Å². The van der Waals surface area contributed by atoms with Crippen LogP contribution in [0.25, 0.3) is 6.08 Å². The van der Waals surface area contributed by atoms with E-state index in [2.05, 4.69) is 5.32 Å². The van der Waals surface area contributed by atoms with Gasteiger partial charge in [0.05, 0.1) is 0 Å². The van der Waals surface area contributed by atoms with Gasteiger partial charge >= 0.3 is 6.03 Å². The summed E-state index contributed by atoms with van der Waals surface area (Å²) in [6.45, 7) is 2.59. The van der Waals surface area contributed by atoms with Crippen LogP contribution < -0.4 is 5.32 Å². The van der Waals surface area contributed by atoms with Crippen molar-refractivity contribution in [3.05, 3.63) is 40.5 Å². The fourth-order valence-electron chi connectivity index (χ4n) is 1.86. The summed E-state index contributed by atoms with van der Waals surface area (Å²) in [7, 11) is 0. The standard InChI is InChI=1S/C14H15ClN2O2/c1-2-3-8-17-12(13(18)16-14(17)19)9-10-4-6-11(15)7-5-10/h4-7,9H,2-3,8H2,1H3,(H,16,18,19)/b12-9-. The van der Waals surface area contributed by atoms with Crippen molar-refractivity contribution in [1.82, 2.24) is 10.2 Å². The Morgan fingerprint density at radius 3 is 2.58 bits per heavy atom. The van der Waals surface area contributed by atoms with Crippen LogP contribution in [-0.4, -0.2) is 23.4 Å². The zero-order chi connectivity index (χ0) is 13.8. The fraction of sp³-hybridized carbons (Fsp3) is 0.286. The van der Waals surface area contributed by atoms with Crippen molar-refractivity contribution in [2.24, 2.45) is 0 Å². The highest BCUT2D eigenvalue weighted by molar-refractivity contribution is 6.30. The monoisotopic (exact) mass is 278 g/mol. The van der Waals surface area contributed by atoms with Gasteiger partial charge in [0, 0.05) is 11.6 Å². The van der Waals surface area contributed by atoms with Gasteiger partial charge < -0.3 is 0 Å². The molecule has 0 bridgehead atoms. The summed E-state index contributed by atoms with van der Waals surface area (Å²) in [5.41, 5.74) is 1.23. The number of nitrogens with zero attached hydrogens (tertiary/aromatic N) is 1. The number of rotatable bonds is 4. The highest BCUT2D eigenvalue weighted by Gasteiger charge is 2.32. The molecule has 0 spiro atoms. The molecule has 1 aromatic carbocycles. The van der Waals surface area contributed by atoms with E-state index >= 15 is 0 Å². The van der Waals surface area contributed by atoms with Gasteiger partial charge in [-0.05, 0) is 30.2 Å². The lowest BCUT2D eigenvalue weighted by Crippen LogP contribution is -2.28. The fourth-order valence-corrected chi connectivity index (χ4v) is 1.99. The maximum absolute atomic E-state index is 11.8. The largest absolute Gasteiger partial charge is 0.329 e. The molecule has 1 N–H and O–H groups in total. The lowest BCUT2D eigenvalue weighted by molar-refractivity contribution is -0.116. The van der Waals surface area contributed by atoms with E-state index in [1.807, 2.05) is 19.1 Å². The summed E-state index contributed by atoms with van der Waals surface area (Å²) in [5.74, 6) is -0.351. The summed E-state index contributed by atoms with van der Waals surface area (Å²) in [4.78, 5) is 24.9. The Balaban J connectivity index is 2.26. The van der Waals surface area contributed by atoms with Gasteiger partial charge in [0.2, 0.25) is 0 Å². The molecule has 0 saturated carbocycles. The molecule has 1 heterocycles. The van der Waals surface area contributed by atoms with Crippen LogP contribution in [-0.2, 0) is 4.79 Å². The Bertz CT molecular complexity index is 523. The minimum atomic E-state index is -0.351.